The van der Waals surface area contributed by atoms with Crippen LogP contribution in [0.4, 0.5) is 10.3 Å². The largest absolute Gasteiger partial charge is 0.488 e. The molecule has 0 saturated carbocycles. The first-order chi connectivity index (χ1) is 13.6. The Balaban J connectivity index is 1.46. The highest BCUT2D eigenvalue weighted by atomic mass is 19.1. The van der Waals surface area contributed by atoms with Crippen molar-refractivity contribution in [3.05, 3.63) is 53.6 Å². The van der Waals surface area contributed by atoms with Crippen molar-refractivity contribution < 1.29 is 19.0 Å². The summed E-state index contributed by atoms with van der Waals surface area (Å²) in [5.41, 5.74) is 1.22. The lowest BCUT2D eigenvalue weighted by Gasteiger charge is -2.28. The van der Waals surface area contributed by atoms with E-state index in [-0.39, 0.29) is 11.9 Å². The Hall–Kier alpha value is -3.00. The lowest BCUT2D eigenvalue weighted by molar-refractivity contribution is -0.131. The van der Waals surface area contributed by atoms with Crippen LogP contribution in [0.5, 0.6) is 5.75 Å². The van der Waals surface area contributed by atoms with Gasteiger partial charge in [0.25, 0.3) is 0 Å². The highest BCUT2D eigenvalue weighted by Crippen LogP contribution is 2.33. The average molecular weight is 386 g/mol. The summed E-state index contributed by atoms with van der Waals surface area (Å²) in [6.45, 7) is 2.23. The van der Waals surface area contributed by atoms with Crippen LogP contribution in [-0.2, 0) is 11.2 Å². The van der Waals surface area contributed by atoms with Gasteiger partial charge in [0.15, 0.2) is 0 Å². The maximum Gasteiger partial charge on any atom is 0.328 e. The third-order valence-corrected chi connectivity index (χ3v) is 4.34. The predicted molar refractivity (Wildman–Crippen MR) is 104 cm³/mol. The minimum atomic E-state index is -1.08. The van der Waals surface area contributed by atoms with Gasteiger partial charge < -0.3 is 20.5 Å². The number of hydrogen-bond donors (Lipinski definition) is 3. The Morgan fingerprint density at radius 3 is 2.93 bits per heavy atom. The SMILES string of the molecule is O=C(O)C=Cc1cc(F)cc2c1OC(CNCCCNc1ncccn1)CC2. The van der Waals surface area contributed by atoms with E-state index in [0.29, 0.717) is 30.2 Å². The molecule has 3 N–H and O–H groups in total. The van der Waals surface area contributed by atoms with Crippen molar-refractivity contribution >= 4 is 18.0 Å². The second-order valence-electron chi connectivity index (χ2n) is 6.49. The molecule has 0 amide bonds. The number of fused-ring (bicyclic) bond motifs is 1. The number of carbonyl (C=O) groups is 1. The van der Waals surface area contributed by atoms with E-state index in [0.717, 1.165) is 37.6 Å². The average Bonchev–Trinajstić information content (AvgIpc) is 2.69. The maximum atomic E-state index is 13.8. The fourth-order valence-corrected chi connectivity index (χ4v) is 3.04. The zero-order valence-corrected chi connectivity index (χ0v) is 15.4. The molecule has 2 heterocycles. The molecule has 1 aromatic carbocycles. The van der Waals surface area contributed by atoms with Crippen LogP contribution in [0.15, 0.2) is 36.7 Å². The number of halogens is 1. The molecule has 2 aromatic rings. The van der Waals surface area contributed by atoms with Crippen LogP contribution in [-0.4, -0.2) is 46.8 Å². The monoisotopic (exact) mass is 386 g/mol. The van der Waals surface area contributed by atoms with E-state index in [1.165, 1.54) is 18.2 Å². The van der Waals surface area contributed by atoms with Gasteiger partial charge in [0.1, 0.15) is 17.7 Å². The van der Waals surface area contributed by atoms with Crippen molar-refractivity contribution in [3.8, 4) is 5.75 Å². The molecule has 1 unspecified atom stereocenters. The topological polar surface area (TPSA) is 96.4 Å². The van der Waals surface area contributed by atoms with Crippen molar-refractivity contribution in [2.45, 2.75) is 25.4 Å². The summed E-state index contributed by atoms with van der Waals surface area (Å²) >= 11 is 0. The number of aryl methyl sites for hydroxylation is 1. The number of hydrogen-bond acceptors (Lipinski definition) is 6. The molecule has 1 atom stereocenters. The van der Waals surface area contributed by atoms with Gasteiger partial charge in [-0.1, -0.05) is 0 Å². The number of aliphatic carboxylic acids is 1. The molecular formula is C20H23FN4O3. The molecule has 1 aliphatic heterocycles. The number of carboxylic acid groups (broad SMARTS) is 1. The molecule has 0 aliphatic carbocycles. The number of nitrogens with one attached hydrogen (secondary N) is 2. The molecular weight excluding hydrogens is 363 g/mol. The molecule has 148 valence electrons. The molecule has 1 aromatic heterocycles. The smallest absolute Gasteiger partial charge is 0.328 e. The fourth-order valence-electron chi connectivity index (χ4n) is 3.04. The zero-order valence-electron chi connectivity index (χ0n) is 15.4. The van der Waals surface area contributed by atoms with Crippen LogP contribution in [0, 0.1) is 5.82 Å². The van der Waals surface area contributed by atoms with Crippen LogP contribution in [0.1, 0.15) is 24.0 Å². The lowest BCUT2D eigenvalue weighted by Crippen LogP contribution is -2.35. The summed E-state index contributed by atoms with van der Waals surface area (Å²) in [5, 5.41) is 15.3. The van der Waals surface area contributed by atoms with Crippen molar-refractivity contribution in [1.82, 2.24) is 15.3 Å². The first-order valence-electron chi connectivity index (χ1n) is 9.23. The lowest BCUT2D eigenvalue weighted by atomic mass is 9.98. The van der Waals surface area contributed by atoms with E-state index >= 15 is 0 Å². The molecule has 0 fully saturated rings. The molecule has 0 bridgehead atoms. The normalized spacial score (nSPS) is 15.8. The Bertz CT molecular complexity index is 830. The molecule has 0 radical (unpaired) electrons. The van der Waals surface area contributed by atoms with Crippen molar-refractivity contribution in [2.75, 3.05) is 25.0 Å². The van der Waals surface area contributed by atoms with E-state index in [2.05, 4.69) is 20.6 Å². The Morgan fingerprint density at radius 1 is 1.32 bits per heavy atom. The van der Waals surface area contributed by atoms with Crippen LogP contribution < -0.4 is 15.4 Å². The minimum Gasteiger partial charge on any atom is -0.488 e. The van der Waals surface area contributed by atoms with Crippen LogP contribution >= 0.6 is 0 Å². The van der Waals surface area contributed by atoms with E-state index in [9.17, 15) is 9.18 Å². The number of benzene rings is 1. The van der Waals surface area contributed by atoms with Gasteiger partial charge in [-0.3, -0.25) is 0 Å². The molecule has 7 nitrogen and oxygen atoms in total. The Morgan fingerprint density at radius 2 is 2.14 bits per heavy atom. The quantitative estimate of drug-likeness (QED) is 0.450. The molecule has 8 heteroatoms. The summed E-state index contributed by atoms with van der Waals surface area (Å²) in [7, 11) is 0. The number of carboxylic acids is 1. The highest BCUT2D eigenvalue weighted by molar-refractivity contribution is 5.86. The molecule has 0 spiro atoms. The molecule has 0 saturated heterocycles. The summed E-state index contributed by atoms with van der Waals surface area (Å²) in [4.78, 5) is 19.0. The summed E-state index contributed by atoms with van der Waals surface area (Å²) < 4.78 is 19.8. The number of ether oxygens (including phenoxy) is 1. The Kier molecular flexibility index (Phi) is 6.91. The van der Waals surface area contributed by atoms with Crippen molar-refractivity contribution in [1.29, 1.82) is 0 Å². The fraction of sp³-hybridized carbons (Fsp3) is 0.350. The maximum absolute atomic E-state index is 13.8. The number of anilines is 1. The third-order valence-electron chi connectivity index (χ3n) is 4.34. The minimum absolute atomic E-state index is 0.0413. The zero-order chi connectivity index (χ0) is 19.8. The second kappa shape index (κ2) is 9.80. The molecule has 3 rings (SSSR count). The Labute approximate surface area is 162 Å². The first kappa shape index (κ1) is 19.8. The third kappa shape index (κ3) is 5.75. The van der Waals surface area contributed by atoms with E-state index < -0.39 is 5.97 Å². The van der Waals surface area contributed by atoms with Gasteiger partial charge >= 0.3 is 5.97 Å². The van der Waals surface area contributed by atoms with Crippen molar-refractivity contribution in [3.63, 3.8) is 0 Å². The molecule has 1 aliphatic rings. The van der Waals surface area contributed by atoms with Gasteiger partial charge in [0.2, 0.25) is 5.95 Å². The summed E-state index contributed by atoms with van der Waals surface area (Å²) in [5.74, 6) is -0.288. The van der Waals surface area contributed by atoms with Crippen LogP contribution in [0.2, 0.25) is 0 Å². The van der Waals surface area contributed by atoms with Crippen LogP contribution in [0.25, 0.3) is 6.08 Å². The number of rotatable bonds is 9. The highest BCUT2D eigenvalue weighted by Gasteiger charge is 2.22. The second-order valence-corrected chi connectivity index (χ2v) is 6.49. The first-order valence-corrected chi connectivity index (χ1v) is 9.23. The number of nitrogens with zero attached hydrogens (tertiary/aromatic N) is 2. The number of aromatic nitrogens is 2. The molecule has 28 heavy (non-hydrogen) atoms. The van der Waals surface area contributed by atoms with Gasteiger partial charge in [-0.25, -0.2) is 19.2 Å². The van der Waals surface area contributed by atoms with E-state index in [1.807, 2.05) is 0 Å². The standard InChI is InChI=1S/C20H23FN4O3/c21-16-11-14-3-5-17(28-19(14)15(12-16)4-6-18(26)27)13-22-7-1-8-23-20-24-9-2-10-25-20/h2,4,6,9-12,17,22H,1,3,5,7-8,13H2,(H,26,27)(H,23,24,25). The van der Waals surface area contributed by atoms with Gasteiger partial charge in [-0.05, 0) is 55.6 Å². The van der Waals surface area contributed by atoms with E-state index in [1.54, 1.807) is 18.5 Å². The summed E-state index contributed by atoms with van der Waals surface area (Å²) in [6.07, 6.45) is 8.08. The van der Waals surface area contributed by atoms with Gasteiger partial charge in [-0.2, -0.15) is 0 Å². The van der Waals surface area contributed by atoms with Gasteiger partial charge in [-0.15, -0.1) is 0 Å². The van der Waals surface area contributed by atoms with Gasteiger partial charge in [0, 0.05) is 37.1 Å². The predicted octanol–water partition coefficient (Wildman–Crippen LogP) is 2.50. The van der Waals surface area contributed by atoms with E-state index in [4.69, 9.17) is 9.84 Å². The van der Waals surface area contributed by atoms with Crippen molar-refractivity contribution in [2.24, 2.45) is 0 Å². The van der Waals surface area contributed by atoms with Gasteiger partial charge in [0.05, 0.1) is 0 Å². The van der Waals surface area contributed by atoms with Crippen LogP contribution in [0.3, 0.4) is 0 Å². The summed E-state index contributed by atoms with van der Waals surface area (Å²) in [6, 6.07) is 4.52.